The predicted octanol–water partition coefficient (Wildman–Crippen LogP) is 2.67. The summed E-state index contributed by atoms with van der Waals surface area (Å²) in [6.07, 6.45) is 0. The van der Waals surface area contributed by atoms with Gasteiger partial charge in [-0.1, -0.05) is 16.1 Å². The van der Waals surface area contributed by atoms with Crippen LogP contribution in [0.3, 0.4) is 0 Å². The molecule has 1 aromatic heterocycles. The molecular weight excluding hydrogens is 272 g/mol. The Labute approximate surface area is 114 Å². The summed E-state index contributed by atoms with van der Waals surface area (Å²) in [6, 6.07) is 3.79. The van der Waals surface area contributed by atoms with Crippen LogP contribution in [0.4, 0.5) is 5.00 Å². The highest BCUT2D eigenvalue weighted by molar-refractivity contribution is 7.10. The first-order valence-electron chi connectivity index (χ1n) is 5.29. The van der Waals surface area contributed by atoms with Gasteiger partial charge in [-0.2, -0.15) is 0 Å². The van der Waals surface area contributed by atoms with E-state index < -0.39 is 0 Å². The molecule has 0 aliphatic heterocycles. The summed E-state index contributed by atoms with van der Waals surface area (Å²) in [4.78, 5) is 0. The van der Waals surface area contributed by atoms with Gasteiger partial charge in [-0.3, -0.25) is 0 Å². The van der Waals surface area contributed by atoms with Crippen LogP contribution in [-0.4, -0.2) is 9.59 Å². The molecule has 2 aromatic rings. The van der Waals surface area contributed by atoms with E-state index in [0.717, 1.165) is 21.9 Å². The zero-order valence-electron chi connectivity index (χ0n) is 10.0. The largest absolute Gasteiger partial charge is 0.487 e. The van der Waals surface area contributed by atoms with Gasteiger partial charge in [0.15, 0.2) is 5.00 Å². The molecule has 0 aliphatic carbocycles. The average molecular weight is 285 g/mol. The van der Waals surface area contributed by atoms with Gasteiger partial charge in [0.25, 0.3) is 0 Å². The third-order valence-electron chi connectivity index (χ3n) is 2.47. The first-order chi connectivity index (χ1) is 8.61. The zero-order chi connectivity index (χ0) is 13.1. The molecule has 0 amide bonds. The van der Waals surface area contributed by atoms with Gasteiger partial charge in [0.2, 0.25) is 0 Å². The molecule has 18 heavy (non-hydrogen) atoms. The molecule has 3 N–H and O–H groups in total. The highest BCUT2D eigenvalue weighted by Crippen LogP contribution is 2.27. The molecule has 2 rings (SSSR count). The number of ether oxygens (including phenoxy) is 1. The fraction of sp³-hybridized carbons (Fsp3) is 0.273. The highest BCUT2D eigenvalue weighted by Gasteiger charge is 2.08. The summed E-state index contributed by atoms with van der Waals surface area (Å²) in [7, 11) is 0. The third kappa shape index (κ3) is 2.72. The fourth-order valence-corrected chi connectivity index (χ4v) is 2.14. The Bertz CT molecular complexity index is 535. The minimum atomic E-state index is 0.316. The molecule has 96 valence electrons. The number of aryl methyl sites for hydroxylation is 2. The van der Waals surface area contributed by atoms with Gasteiger partial charge < -0.3 is 10.2 Å². The van der Waals surface area contributed by atoms with E-state index in [1.807, 2.05) is 26.0 Å². The Balaban J connectivity index is 2.11. The zero-order valence-corrected chi connectivity index (χ0v) is 11.6. The number of aromatic nitrogens is 2. The number of nitrogens with zero attached hydrogens (tertiary/aromatic N) is 2. The predicted molar refractivity (Wildman–Crippen MR) is 73.0 cm³/mol. The number of nitrogen functional groups attached to an aromatic ring is 1. The van der Waals surface area contributed by atoms with Crippen LogP contribution in [0.5, 0.6) is 5.75 Å². The second-order valence-corrected chi connectivity index (χ2v) is 4.98. The maximum absolute atomic E-state index is 6.09. The van der Waals surface area contributed by atoms with E-state index in [1.165, 1.54) is 11.5 Å². The third-order valence-corrected chi connectivity index (χ3v) is 3.77. The Hall–Kier alpha value is -1.37. The van der Waals surface area contributed by atoms with E-state index in [0.29, 0.717) is 17.3 Å². The lowest BCUT2D eigenvalue weighted by Crippen LogP contribution is -2.08. The van der Waals surface area contributed by atoms with Crippen molar-refractivity contribution >= 4 is 28.1 Å². The number of nitrogens with two attached hydrogens (primary N) is 1. The lowest BCUT2D eigenvalue weighted by molar-refractivity contribution is 0.301. The maximum Gasteiger partial charge on any atom is 0.150 e. The second-order valence-electron chi connectivity index (χ2n) is 3.85. The van der Waals surface area contributed by atoms with E-state index >= 15 is 0 Å². The lowest BCUT2D eigenvalue weighted by atomic mass is 10.1. The first kappa shape index (κ1) is 13.1. The van der Waals surface area contributed by atoms with Crippen LogP contribution < -0.4 is 16.0 Å². The number of hydrogen-bond donors (Lipinski definition) is 2. The standard InChI is InChI=1S/C11H13ClN4OS/c1-6-3-8(4-7(2)10(6)12)17-5-9-11(14-13)18-16-15-9/h3-4,14H,5,13H2,1-2H3. The van der Waals surface area contributed by atoms with Crippen molar-refractivity contribution < 1.29 is 4.74 Å². The van der Waals surface area contributed by atoms with Crippen molar-refractivity contribution in [1.29, 1.82) is 0 Å². The molecule has 0 radical (unpaired) electrons. The summed E-state index contributed by atoms with van der Waals surface area (Å²) in [5.74, 6) is 6.09. The van der Waals surface area contributed by atoms with Crippen LogP contribution in [0.1, 0.15) is 16.8 Å². The molecule has 0 unspecified atom stereocenters. The van der Waals surface area contributed by atoms with Gasteiger partial charge in [0, 0.05) is 16.6 Å². The summed E-state index contributed by atoms with van der Waals surface area (Å²) >= 11 is 7.29. The van der Waals surface area contributed by atoms with Crippen molar-refractivity contribution in [2.24, 2.45) is 5.84 Å². The molecule has 5 nitrogen and oxygen atoms in total. The van der Waals surface area contributed by atoms with Crippen molar-refractivity contribution in [3.8, 4) is 5.75 Å². The molecular formula is C11H13ClN4OS. The summed E-state index contributed by atoms with van der Waals surface area (Å²) in [5.41, 5.74) is 5.20. The van der Waals surface area contributed by atoms with Crippen LogP contribution in [0.2, 0.25) is 5.02 Å². The number of benzene rings is 1. The van der Waals surface area contributed by atoms with E-state index in [9.17, 15) is 0 Å². The number of nitrogens with one attached hydrogen (secondary N) is 1. The molecule has 0 spiro atoms. The molecule has 1 aromatic carbocycles. The number of halogens is 1. The van der Waals surface area contributed by atoms with Crippen LogP contribution in [0.15, 0.2) is 12.1 Å². The Morgan fingerprint density at radius 2 is 2.06 bits per heavy atom. The summed E-state index contributed by atoms with van der Waals surface area (Å²) in [6.45, 7) is 4.20. The monoisotopic (exact) mass is 284 g/mol. The van der Waals surface area contributed by atoms with Crippen LogP contribution in [0, 0.1) is 13.8 Å². The van der Waals surface area contributed by atoms with Crippen LogP contribution in [-0.2, 0) is 6.61 Å². The molecule has 0 saturated heterocycles. The SMILES string of the molecule is Cc1cc(OCc2nnsc2NN)cc(C)c1Cl. The Morgan fingerprint density at radius 3 is 2.67 bits per heavy atom. The molecule has 1 heterocycles. The lowest BCUT2D eigenvalue weighted by Gasteiger charge is -2.09. The van der Waals surface area contributed by atoms with E-state index in [1.54, 1.807) is 0 Å². The molecule has 0 atom stereocenters. The van der Waals surface area contributed by atoms with E-state index in [4.69, 9.17) is 22.2 Å². The molecule has 0 bridgehead atoms. The van der Waals surface area contributed by atoms with E-state index in [-0.39, 0.29) is 0 Å². The topological polar surface area (TPSA) is 73.1 Å². The smallest absolute Gasteiger partial charge is 0.150 e. The Kier molecular flexibility index (Phi) is 4.00. The fourth-order valence-electron chi connectivity index (χ4n) is 1.55. The van der Waals surface area contributed by atoms with Crippen LogP contribution >= 0.6 is 23.1 Å². The summed E-state index contributed by atoms with van der Waals surface area (Å²) in [5, 5.41) is 5.41. The first-order valence-corrected chi connectivity index (χ1v) is 6.44. The van der Waals surface area contributed by atoms with Crippen molar-refractivity contribution in [3.05, 3.63) is 34.0 Å². The van der Waals surface area contributed by atoms with Gasteiger partial charge in [-0.05, 0) is 37.1 Å². The van der Waals surface area contributed by atoms with Crippen molar-refractivity contribution in [2.45, 2.75) is 20.5 Å². The quantitative estimate of drug-likeness (QED) is 0.667. The average Bonchev–Trinajstić information content (AvgIpc) is 2.80. The Morgan fingerprint density at radius 1 is 1.39 bits per heavy atom. The van der Waals surface area contributed by atoms with Crippen molar-refractivity contribution in [3.63, 3.8) is 0 Å². The number of rotatable bonds is 4. The molecule has 0 saturated carbocycles. The minimum Gasteiger partial charge on any atom is -0.487 e. The van der Waals surface area contributed by atoms with E-state index in [2.05, 4.69) is 15.0 Å². The highest BCUT2D eigenvalue weighted by atomic mass is 35.5. The van der Waals surface area contributed by atoms with Gasteiger partial charge in [0.05, 0.1) is 0 Å². The molecule has 7 heteroatoms. The number of hydrazine groups is 1. The minimum absolute atomic E-state index is 0.316. The normalized spacial score (nSPS) is 10.4. The summed E-state index contributed by atoms with van der Waals surface area (Å²) < 4.78 is 9.46. The van der Waals surface area contributed by atoms with Gasteiger partial charge >= 0.3 is 0 Å². The second kappa shape index (κ2) is 5.51. The van der Waals surface area contributed by atoms with Crippen molar-refractivity contribution in [2.75, 3.05) is 5.43 Å². The van der Waals surface area contributed by atoms with Gasteiger partial charge in [-0.15, -0.1) is 5.10 Å². The number of anilines is 1. The van der Waals surface area contributed by atoms with Crippen molar-refractivity contribution in [1.82, 2.24) is 9.59 Å². The molecule has 0 fully saturated rings. The molecule has 0 aliphatic rings. The van der Waals surface area contributed by atoms with Crippen LogP contribution in [0.25, 0.3) is 0 Å². The van der Waals surface area contributed by atoms with Gasteiger partial charge in [-0.25, -0.2) is 5.84 Å². The van der Waals surface area contributed by atoms with Gasteiger partial charge in [0.1, 0.15) is 18.1 Å². The number of hydrogen-bond acceptors (Lipinski definition) is 6. The maximum atomic E-state index is 6.09.